The van der Waals surface area contributed by atoms with Gasteiger partial charge in [-0.2, -0.15) is 0 Å². The Morgan fingerprint density at radius 3 is 2.42 bits per heavy atom. The first-order valence-corrected chi connectivity index (χ1v) is 10.2. The van der Waals surface area contributed by atoms with Gasteiger partial charge >= 0.3 is 0 Å². The van der Waals surface area contributed by atoms with Crippen molar-refractivity contribution in [2.75, 3.05) is 6.61 Å². The molecule has 31 heavy (non-hydrogen) atoms. The van der Waals surface area contributed by atoms with E-state index in [9.17, 15) is 9.90 Å². The molecule has 0 fully saturated rings. The molecule has 0 aliphatic rings. The first kappa shape index (κ1) is 20.8. The number of ether oxygens (including phenoxy) is 1. The molecule has 1 N–H and O–H groups in total. The van der Waals surface area contributed by atoms with Gasteiger partial charge in [0.25, 0.3) is 5.56 Å². The predicted molar refractivity (Wildman–Crippen MR) is 120 cm³/mol. The molecule has 0 aliphatic heterocycles. The number of aliphatic hydroxyl groups is 1. The van der Waals surface area contributed by atoms with Gasteiger partial charge in [0, 0.05) is 11.6 Å². The smallest absolute Gasteiger partial charge is 0.262 e. The van der Waals surface area contributed by atoms with Crippen LogP contribution in [-0.2, 0) is 12.0 Å². The number of fused-ring (bicyclic) bond motifs is 1. The molecule has 6 heteroatoms. The summed E-state index contributed by atoms with van der Waals surface area (Å²) in [7, 11) is 0. The Bertz CT molecular complexity index is 1220. The molecule has 1 atom stereocenters. The summed E-state index contributed by atoms with van der Waals surface area (Å²) in [5, 5.41) is 10.8. The van der Waals surface area contributed by atoms with Crippen LogP contribution < -0.4 is 10.3 Å². The maximum Gasteiger partial charge on any atom is 0.262 e. The minimum absolute atomic E-state index is 0.0684. The maximum absolute atomic E-state index is 12.5. The summed E-state index contributed by atoms with van der Waals surface area (Å²) in [6.45, 7) is 4.54. The fraction of sp³-hybridized carbons (Fsp3) is 0.240. The number of aliphatic hydroxyl groups excluding tert-OH is 1. The molecule has 0 spiro atoms. The number of hydrogen-bond donors (Lipinski definition) is 1. The lowest BCUT2D eigenvalue weighted by atomic mass is 9.78. The Labute approximate surface area is 180 Å². The van der Waals surface area contributed by atoms with E-state index in [1.54, 1.807) is 18.3 Å². The number of nitrogens with zero attached hydrogens (tertiary/aromatic N) is 3. The van der Waals surface area contributed by atoms with E-state index in [1.165, 1.54) is 22.0 Å². The highest BCUT2D eigenvalue weighted by Gasteiger charge is 2.22. The van der Waals surface area contributed by atoms with E-state index < -0.39 is 6.10 Å². The van der Waals surface area contributed by atoms with Gasteiger partial charge in [-0.3, -0.25) is 9.36 Å². The van der Waals surface area contributed by atoms with Crippen molar-refractivity contribution < 1.29 is 9.84 Å². The normalized spacial score (nSPS) is 12.6. The van der Waals surface area contributed by atoms with E-state index in [0.717, 1.165) is 0 Å². The van der Waals surface area contributed by atoms with Gasteiger partial charge in [0.2, 0.25) is 0 Å². The van der Waals surface area contributed by atoms with Crippen LogP contribution >= 0.6 is 0 Å². The number of pyridine rings is 1. The molecule has 2 heterocycles. The van der Waals surface area contributed by atoms with Crippen molar-refractivity contribution in [1.29, 1.82) is 0 Å². The van der Waals surface area contributed by atoms with Crippen molar-refractivity contribution in [2.24, 2.45) is 0 Å². The van der Waals surface area contributed by atoms with Gasteiger partial charge in [-0.15, -0.1) is 0 Å². The summed E-state index contributed by atoms with van der Waals surface area (Å²) in [4.78, 5) is 20.8. The summed E-state index contributed by atoms with van der Waals surface area (Å²) in [5.41, 5.74) is 2.45. The van der Waals surface area contributed by atoms with Crippen LogP contribution in [0.5, 0.6) is 5.75 Å². The third-order valence-corrected chi connectivity index (χ3v) is 5.52. The van der Waals surface area contributed by atoms with E-state index >= 15 is 0 Å². The topological polar surface area (TPSA) is 77.2 Å². The zero-order valence-electron chi connectivity index (χ0n) is 17.6. The Kier molecular flexibility index (Phi) is 5.82. The Hall–Kier alpha value is -3.51. The summed E-state index contributed by atoms with van der Waals surface area (Å²) < 4.78 is 7.12. The summed E-state index contributed by atoms with van der Waals surface area (Å²) in [6.07, 6.45) is 2.14. The summed E-state index contributed by atoms with van der Waals surface area (Å²) in [5.74, 6) is 0.667. The van der Waals surface area contributed by atoms with E-state index in [0.29, 0.717) is 16.8 Å². The van der Waals surface area contributed by atoms with Crippen LogP contribution in [0.2, 0.25) is 0 Å². The molecule has 6 nitrogen and oxygen atoms in total. The molecular weight excluding hydrogens is 390 g/mol. The molecule has 0 unspecified atom stereocenters. The molecule has 2 aromatic heterocycles. The molecule has 0 aliphatic carbocycles. The fourth-order valence-corrected chi connectivity index (χ4v) is 3.59. The van der Waals surface area contributed by atoms with Crippen LogP contribution in [0, 0.1) is 0 Å². The van der Waals surface area contributed by atoms with Gasteiger partial charge in [0.15, 0.2) is 5.65 Å². The SMILES string of the molecule is CC(C)(c1ccccc1)c1ccc(OC[C@H](O)Cn2cnc3ncccc3c2=O)cc1. The highest BCUT2D eigenvalue weighted by molar-refractivity contribution is 5.72. The molecule has 0 radical (unpaired) electrons. The van der Waals surface area contributed by atoms with Gasteiger partial charge < -0.3 is 9.84 Å². The summed E-state index contributed by atoms with van der Waals surface area (Å²) in [6, 6.07) is 21.6. The molecule has 0 amide bonds. The molecule has 158 valence electrons. The first-order chi connectivity index (χ1) is 14.9. The van der Waals surface area contributed by atoms with Crippen LogP contribution in [0.1, 0.15) is 25.0 Å². The van der Waals surface area contributed by atoms with Gasteiger partial charge in [-0.1, -0.05) is 56.3 Å². The van der Waals surface area contributed by atoms with Crippen molar-refractivity contribution in [3.8, 4) is 5.75 Å². The van der Waals surface area contributed by atoms with E-state index in [2.05, 4.69) is 35.9 Å². The third-order valence-electron chi connectivity index (χ3n) is 5.52. The van der Waals surface area contributed by atoms with Crippen LogP contribution in [0.4, 0.5) is 0 Å². The molecule has 0 saturated heterocycles. The number of benzene rings is 2. The van der Waals surface area contributed by atoms with Crippen molar-refractivity contribution >= 4 is 11.0 Å². The van der Waals surface area contributed by atoms with Gasteiger partial charge in [-0.25, -0.2) is 9.97 Å². The van der Waals surface area contributed by atoms with Crippen LogP contribution in [0.3, 0.4) is 0 Å². The second kappa shape index (κ2) is 8.70. The van der Waals surface area contributed by atoms with Crippen LogP contribution in [0.25, 0.3) is 11.0 Å². The zero-order chi connectivity index (χ0) is 21.8. The van der Waals surface area contributed by atoms with E-state index in [1.807, 2.05) is 42.5 Å². The van der Waals surface area contributed by atoms with Crippen molar-refractivity contribution in [3.63, 3.8) is 0 Å². The average Bonchev–Trinajstić information content (AvgIpc) is 2.80. The maximum atomic E-state index is 12.5. The lowest BCUT2D eigenvalue weighted by Crippen LogP contribution is -2.30. The average molecular weight is 415 g/mol. The van der Waals surface area contributed by atoms with E-state index in [-0.39, 0.29) is 24.1 Å². The minimum atomic E-state index is -0.853. The zero-order valence-corrected chi connectivity index (χ0v) is 17.6. The van der Waals surface area contributed by atoms with Crippen LogP contribution in [-0.4, -0.2) is 32.4 Å². The van der Waals surface area contributed by atoms with Crippen molar-refractivity contribution in [2.45, 2.75) is 31.9 Å². The van der Waals surface area contributed by atoms with Gasteiger partial charge in [0.05, 0.1) is 11.9 Å². The van der Waals surface area contributed by atoms with Crippen LogP contribution in [0.15, 0.2) is 84.0 Å². The Morgan fingerprint density at radius 2 is 1.68 bits per heavy atom. The summed E-state index contributed by atoms with van der Waals surface area (Å²) >= 11 is 0. The molecule has 0 bridgehead atoms. The first-order valence-electron chi connectivity index (χ1n) is 10.2. The van der Waals surface area contributed by atoms with Gasteiger partial charge in [-0.05, 0) is 35.4 Å². The highest BCUT2D eigenvalue weighted by atomic mass is 16.5. The second-order valence-electron chi connectivity index (χ2n) is 8.06. The second-order valence-corrected chi connectivity index (χ2v) is 8.06. The predicted octanol–water partition coefficient (Wildman–Crippen LogP) is 3.56. The quantitative estimate of drug-likeness (QED) is 0.499. The van der Waals surface area contributed by atoms with Gasteiger partial charge in [0.1, 0.15) is 24.8 Å². The lowest BCUT2D eigenvalue weighted by Gasteiger charge is -2.26. The molecular formula is C25H25N3O3. The number of rotatable bonds is 7. The monoisotopic (exact) mass is 415 g/mol. The van der Waals surface area contributed by atoms with E-state index in [4.69, 9.17) is 4.74 Å². The Morgan fingerprint density at radius 1 is 0.968 bits per heavy atom. The Balaban J connectivity index is 1.39. The molecule has 4 aromatic rings. The van der Waals surface area contributed by atoms with Crippen molar-refractivity contribution in [3.05, 3.63) is 101 Å². The molecule has 2 aromatic carbocycles. The standard InChI is InChI=1S/C25H25N3O3/c1-25(2,18-7-4-3-5-8-18)19-10-12-21(13-11-19)31-16-20(29)15-28-17-27-23-22(24(28)30)9-6-14-26-23/h3-14,17,20,29H,15-16H2,1-2H3/t20-/m1/s1. The van der Waals surface area contributed by atoms with Crippen molar-refractivity contribution in [1.82, 2.24) is 14.5 Å². The largest absolute Gasteiger partial charge is 0.491 e. The molecule has 4 rings (SSSR count). The highest BCUT2D eigenvalue weighted by Crippen LogP contribution is 2.32. The number of aromatic nitrogens is 3. The lowest BCUT2D eigenvalue weighted by molar-refractivity contribution is 0.0914. The molecule has 0 saturated carbocycles. The third kappa shape index (κ3) is 4.49. The fourth-order valence-electron chi connectivity index (χ4n) is 3.59. The number of hydrogen-bond acceptors (Lipinski definition) is 5. The minimum Gasteiger partial charge on any atom is -0.491 e.